The fraction of sp³-hybridized carbons (Fsp3) is 0.500. The molecule has 0 radical (unpaired) electrons. The van der Waals surface area contributed by atoms with Gasteiger partial charge in [0.25, 0.3) is 0 Å². The largest absolute Gasteiger partial charge is 0.493 e. The van der Waals surface area contributed by atoms with E-state index < -0.39 is 6.10 Å². The Morgan fingerprint density at radius 3 is 2.56 bits per heavy atom. The second-order valence-electron chi connectivity index (χ2n) is 3.76. The molecule has 2 unspecified atom stereocenters. The first-order valence-corrected chi connectivity index (χ1v) is 5.28. The SMILES string of the molecule is COc1ccc(C2OCCC2O)cc1OC. The minimum Gasteiger partial charge on any atom is -0.493 e. The molecule has 4 heteroatoms. The van der Waals surface area contributed by atoms with E-state index in [0.29, 0.717) is 24.5 Å². The number of methoxy groups -OCH3 is 2. The Morgan fingerprint density at radius 2 is 2.00 bits per heavy atom. The molecule has 88 valence electrons. The quantitative estimate of drug-likeness (QED) is 0.845. The standard InChI is InChI=1S/C12H16O4/c1-14-10-4-3-8(7-11(10)15-2)12-9(13)5-6-16-12/h3-4,7,9,12-13H,5-6H2,1-2H3. The summed E-state index contributed by atoms with van der Waals surface area (Å²) < 4.78 is 15.8. The summed E-state index contributed by atoms with van der Waals surface area (Å²) in [5.74, 6) is 1.33. The number of aliphatic hydroxyl groups excluding tert-OH is 1. The monoisotopic (exact) mass is 224 g/mol. The highest BCUT2D eigenvalue weighted by molar-refractivity contribution is 5.43. The minimum atomic E-state index is -0.432. The molecule has 0 spiro atoms. The second-order valence-corrected chi connectivity index (χ2v) is 3.76. The highest BCUT2D eigenvalue weighted by Crippen LogP contribution is 2.35. The molecule has 1 fully saturated rings. The van der Waals surface area contributed by atoms with E-state index in [-0.39, 0.29) is 6.10 Å². The third-order valence-electron chi connectivity index (χ3n) is 2.80. The topological polar surface area (TPSA) is 47.9 Å². The molecule has 1 aliphatic rings. The zero-order valence-electron chi connectivity index (χ0n) is 9.47. The molecule has 0 bridgehead atoms. The van der Waals surface area contributed by atoms with Gasteiger partial charge in [-0.15, -0.1) is 0 Å². The maximum absolute atomic E-state index is 9.74. The van der Waals surface area contributed by atoms with Crippen molar-refractivity contribution in [3.05, 3.63) is 23.8 Å². The van der Waals surface area contributed by atoms with Crippen LogP contribution < -0.4 is 9.47 Å². The zero-order valence-corrected chi connectivity index (χ0v) is 9.47. The highest BCUT2D eigenvalue weighted by Gasteiger charge is 2.28. The summed E-state index contributed by atoms with van der Waals surface area (Å²) in [4.78, 5) is 0. The summed E-state index contributed by atoms with van der Waals surface area (Å²) in [6.45, 7) is 0.597. The van der Waals surface area contributed by atoms with E-state index in [0.717, 1.165) is 5.56 Å². The van der Waals surface area contributed by atoms with Gasteiger partial charge in [-0.05, 0) is 24.1 Å². The summed E-state index contributed by atoms with van der Waals surface area (Å²) in [5.41, 5.74) is 0.919. The highest BCUT2D eigenvalue weighted by atomic mass is 16.5. The summed E-state index contributed by atoms with van der Waals surface area (Å²) in [7, 11) is 3.19. The number of hydrogen-bond donors (Lipinski definition) is 1. The lowest BCUT2D eigenvalue weighted by atomic mass is 10.0. The fourth-order valence-corrected chi connectivity index (χ4v) is 1.93. The maximum Gasteiger partial charge on any atom is 0.161 e. The molecule has 1 heterocycles. The number of hydrogen-bond acceptors (Lipinski definition) is 4. The molecule has 0 amide bonds. The van der Waals surface area contributed by atoms with Crippen LogP contribution in [0.2, 0.25) is 0 Å². The number of rotatable bonds is 3. The molecular formula is C12H16O4. The van der Waals surface area contributed by atoms with E-state index in [9.17, 15) is 5.11 Å². The third-order valence-corrected chi connectivity index (χ3v) is 2.80. The van der Waals surface area contributed by atoms with Crippen molar-refractivity contribution in [3.63, 3.8) is 0 Å². The van der Waals surface area contributed by atoms with Crippen LogP contribution in [0.4, 0.5) is 0 Å². The van der Waals surface area contributed by atoms with Gasteiger partial charge in [0.15, 0.2) is 11.5 Å². The number of benzene rings is 1. The van der Waals surface area contributed by atoms with Gasteiger partial charge < -0.3 is 19.3 Å². The van der Waals surface area contributed by atoms with Crippen LogP contribution in [0.15, 0.2) is 18.2 Å². The van der Waals surface area contributed by atoms with E-state index in [1.54, 1.807) is 14.2 Å². The average molecular weight is 224 g/mol. The molecule has 16 heavy (non-hydrogen) atoms. The van der Waals surface area contributed by atoms with Gasteiger partial charge in [0.05, 0.1) is 26.9 Å². The van der Waals surface area contributed by atoms with Crippen molar-refractivity contribution in [2.75, 3.05) is 20.8 Å². The molecule has 2 atom stereocenters. The summed E-state index contributed by atoms with van der Waals surface area (Å²) >= 11 is 0. The Kier molecular flexibility index (Phi) is 3.31. The van der Waals surface area contributed by atoms with Crippen LogP contribution in [-0.4, -0.2) is 32.0 Å². The Morgan fingerprint density at radius 1 is 1.25 bits per heavy atom. The lowest BCUT2D eigenvalue weighted by Crippen LogP contribution is -2.12. The molecule has 1 aliphatic heterocycles. The molecule has 1 N–H and O–H groups in total. The zero-order chi connectivity index (χ0) is 11.5. The van der Waals surface area contributed by atoms with Gasteiger partial charge in [-0.2, -0.15) is 0 Å². The fourth-order valence-electron chi connectivity index (χ4n) is 1.93. The van der Waals surface area contributed by atoms with Crippen LogP contribution in [0.5, 0.6) is 11.5 Å². The molecule has 0 aliphatic carbocycles. The van der Waals surface area contributed by atoms with Gasteiger partial charge in [0.1, 0.15) is 6.10 Å². The predicted octanol–water partition coefficient (Wildman–Crippen LogP) is 1.53. The first kappa shape index (κ1) is 11.2. The van der Waals surface area contributed by atoms with Crippen LogP contribution in [0.3, 0.4) is 0 Å². The molecule has 1 aromatic rings. The van der Waals surface area contributed by atoms with Crippen molar-refractivity contribution in [3.8, 4) is 11.5 Å². The molecule has 0 saturated carbocycles. The van der Waals surface area contributed by atoms with Crippen molar-refractivity contribution in [2.45, 2.75) is 18.6 Å². The van der Waals surface area contributed by atoms with Crippen LogP contribution in [0, 0.1) is 0 Å². The molecule has 4 nitrogen and oxygen atoms in total. The lowest BCUT2D eigenvalue weighted by Gasteiger charge is -2.16. The van der Waals surface area contributed by atoms with E-state index >= 15 is 0 Å². The Labute approximate surface area is 94.8 Å². The molecule has 0 aromatic heterocycles. The van der Waals surface area contributed by atoms with Crippen LogP contribution >= 0.6 is 0 Å². The van der Waals surface area contributed by atoms with Gasteiger partial charge in [-0.25, -0.2) is 0 Å². The van der Waals surface area contributed by atoms with Gasteiger partial charge in [0.2, 0.25) is 0 Å². The summed E-state index contributed by atoms with van der Waals surface area (Å²) in [6.07, 6.45) is -0.00292. The number of aliphatic hydroxyl groups is 1. The Hall–Kier alpha value is -1.26. The van der Waals surface area contributed by atoms with Crippen LogP contribution in [-0.2, 0) is 4.74 Å². The normalized spacial score (nSPS) is 24.4. The van der Waals surface area contributed by atoms with Crippen LogP contribution in [0.1, 0.15) is 18.1 Å². The Bertz CT molecular complexity index is 364. The molecule has 1 aromatic carbocycles. The van der Waals surface area contributed by atoms with Gasteiger partial charge in [-0.3, -0.25) is 0 Å². The van der Waals surface area contributed by atoms with Gasteiger partial charge in [0, 0.05) is 0 Å². The number of ether oxygens (including phenoxy) is 3. The van der Waals surface area contributed by atoms with Crippen molar-refractivity contribution in [2.24, 2.45) is 0 Å². The van der Waals surface area contributed by atoms with Crippen LogP contribution in [0.25, 0.3) is 0 Å². The average Bonchev–Trinajstić information content (AvgIpc) is 2.74. The smallest absolute Gasteiger partial charge is 0.161 e. The molecule has 1 saturated heterocycles. The van der Waals surface area contributed by atoms with E-state index in [2.05, 4.69) is 0 Å². The van der Waals surface area contributed by atoms with E-state index in [1.807, 2.05) is 18.2 Å². The summed E-state index contributed by atoms with van der Waals surface area (Å²) in [5, 5.41) is 9.74. The van der Waals surface area contributed by atoms with Gasteiger partial charge in [-0.1, -0.05) is 6.07 Å². The second kappa shape index (κ2) is 4.72. The maximum atomic E-state index is 9.74. The van der Waals surface area contributed by atoms with Gasteiger partial charge >= 0.3 is 0 Å². The van der Waals surface area contributed by atoms with Crippen molar-refractivity contribution in [1.29, 1.82) is 0 Å². The summed E-state index contributed by atoms with van der Waals surface area (Å²) in [6, 6.07) is 5.56. The van der Waals surface area contributed by atoms with Crippen molar-refractivity contribution in [1.82, 2.24) is 0 Å². The van der Waals surface area contributed by atoms with Crippen molar-refractivity contribution < 1.29 is 19.3 Å². The first-order valence-electron chi connectivity index (χ1n) is 5.28. The third kappa shape index (κ3) is 1.99. The Balaban J connectivity index is 2.28. The lowest BCUT2D eigenvalue weighted by molar-refractivity contribution is 0.0416. The van der Waals surface area contributed by atoms with E-state index in [4.69, 9.17) is 14.2 Å². The minimum absolute atomic E-state index is 0.250. The van der Waals surface area contributed by atoms with Crippen molar-refractivity contribution >= 4 is 0 Å². The molecular weight excluding hydrogens is 208 g/mol. The van der Waals surface area contributed by atoms with E-state index in [1.165, 1.54) is 0 Å². The molecule has 2 rings (SSSR count). The predicted molar refractivity (Wildman–Crippen MR) is 58.9 cm³/mol. The first-order chi connectivity index (χ1) is 7.76.